The van der Waals surface area contributed by atoms with Gasteiger partial charge in [0.15, 0.2) is 0 Å². The van der Waals surface area contributed by atoms with Crippen LogP contribution in [-0.2, 0) is 0 Å². The molecule has 0 aromatic rings. The minimum absolute atomic E-state index is 0.135. The monoisotopic (exact) mass is 368 g/mol. The molecule has 0 aliphatic rings. The molecule has 0 aromatic carbocycles. The van der Waals surface area contributed by atoms with Crippen LogP contribution in [0.5, 0.6) is 0 Å². The van der Waals surface area contributed by atoms with Gasteiger partial charge in [-0.2, -0.15) is 0 Å². The number of hydrazine groups is 1. The Bertz CT molecular complexity index is 363. The fraction of sp³-hybridized carbons (Fsp3) is 1.00. The zero-order valence-corrected chi connectivity index (χ0v) is 20.6. The van der Waals surface area contributed by atoms with Crippen molar-refractivity contribution in [1.29, 1.82) is 0 Å². The second-order valence-corrected chi connectivity index (χ2v) is 10.2. The summed E-state index contributed by atoms with van der Waals surface area (Å²) in [6.45, 7) is 29.0. The Labute approximate surface area is 167 Å². The molecule has 0 radical (unpaired) electrons. The molecule has 0 saturated carbocycles. The third-order valence-corrected chi connectivity index (χ3v) is 7.20. The summed E-state index contributed by atoms with van der Waals surface area (Å²) in [6.07, 6.45) is 9.65. The molecule has 0 spiro atoms. The molecule has 158 valence electrons. The van der Waals surface area contributed by atoms with Crippen LogP contribution in [0.3, 0.4) is 0 Å². The lowest BCUT2D eigenvalue weighted by molar-refractivity contribution is -0.259. The summed E-state index contributed by atoms with van der Waals surface area (Å²) in [5, 5.41) is 5.71. The van der Waals surface area contributed by atoms with Crippen molar-refractivity contribution >= 4 is 0 Å². The molecule has 2 nitrogen and oxygen atoms in total. The second-order valence-electron chi connectivity index (χ2n) is 10.2. The van der Waals surface area contributed by atoms with Gasteiger partial charge in [0.1, 0.15) is 0 Å². The van der Waals surface area contributed by atoms with Crippen molar-refractivity contribution in [3.63, 3.8) is 0 Å². The number of rotatable bonds is 13. The first kappa shape index (κ1) is 25.9. The van der Waals surface area contributed by atoms with Gasteiger partial charge >= 0.3 is 0 Å². The van der Waals surface area contributed by atoms with E-state index in [1.165, 1.54) is 38.5 Å². The fourth-order valence-corrected chi connectivity index (χ4v) is 4.73. The van der Waals surface area contributed by atoms with Crippen LogP contribution in [0.25, 0.3) is 0 Å². The van der Waals surface area contributed by atoms with Crippen LogP contribution in [-0.4, -0.2) is 32.2 Å². The van der Waals surface area contributed by atoms with Gasteiger partial charge in [0.2, 0.25) is 0 Å². The number of hydrogen-bond donors (Lipinski definition) is 0. The molecule has 26 heavy (non-hydrogen) atoms. The quantitative estimate of drug-likeness (QED) is 0.306. The first-order valence-corrected chi connectivity index (χ1v) is 11.5. The zero-order valence-electron chi connectivity index (χ0n) is 20.6. The van der Waals surface area contributed by atoms with Crippen LogP contribution < -0.4 is 0 Å². The minimum atomic E-state index is 0.135. The van der Waals surface area contributed by atoms with Gasteiger partial charge < -0.3 is 0 Å². The molecule has 2 unspecified atom stereocenters. The molecule has 2 heteroatoms. The molecular weight excluding hydrogens is 316 g/mol. The molecule has 0 heterocycles. The van der Waals surface area contributed by atoms with Gasteiger partial charge in [-0.3, -0.25) is 0 Å². The molecule has 0 saturated heterocycles. The summed E-state index contributed by atoms with van der Waals surface area (Å²) in [6, 6.07) is 0. The Hall–Kier alpha value is -0.0800. The van der Waals surface area contributed by atoms with Gasteiger partial charge in [-0.1, -0.05) is 54.4 Å². The minimum Gasteiger partial charge on any atom is -0.229 e. The molecule has 0 aliphatic heterocycles. The average molecular weight is 369 g/mol. The van der Waals surface area contributed by atoms with Gasteiger partial charge in [0, 0.05) is 22.2 Å². The van der Waals surface area contributed by atoms with E-state index in [1.807, 2.05) is 0 Å². The standard InChI is InChI=1S/C24H52N2/c1-13-19-23(11,17-5)25(21(7,8)15-3)26(22(9,10)16-4)24(12,18-6)20-14-2/h13-20H2,1-12H3. The Balaban J connectivity index is 6.72. The maximum atomic E-state index is 2.85. The predicted molar refractivity (Wildman–Crippen MR) is 120 cm³/mol. The molecular formula is C24H52N2. The van der Waals surface area contributed by atoms with Crippen LogP contribution in [0.2, 0.25) is 0 Å². The van der Waals surface area contributed by atoms with E-state index in [0.717, 1.165) is 12.8 Å². The van der Waals surface area contributed by atoms with E-state index in [2.05, 4.69) is 93.1 Å². The third-order valence-electron chi connectivity index (χ3n) is 7.20. The molecule has 0 N–H and O–H groups in total. The Morgan fingerprint density at radius 2 is 0.731 bits per heavy atom. The van der Waals surface area contributed by atoms with Gasteiger partial charge in [-0.25, -0.2) is 10.0 Å². The second kappa shape index (κ2) is 9.92. The number of hydrogen-bond acceptors (Lipinski definition) is 2. The Kier molecular flexibility index (Phi) is 9.89. The average Bonchev–Trinajstić information content (AvgIpc) is 2.59. The van der Waals surface area contributed by atoms with Crippen LogP contribution in [0, 0.1) is 0 Å². The van der Waals surface area contributed by atoms with E-state index in [-0.39, 0.29) is 22.2 Å². The first-order valence-electron chi connectivity index (χ1n) is 11.5. The van der Waals surface area contributed by atoms with Gasteiger partial charge in [-0.05, 0) is 80.1 Å². The van der Waals surface area contributed by atoms with Crippen molar-refractivity contribution in [2.45, 2.75) is 157 Å². The topological polar surface area (TPSA) is 6.48 Å². The zero-order chi connectivity index (χ0) is 20.8. The van der Waals surface area contributed by atoms with Crippen LogP contribution in [0.15, 0.2) is 0 Å². The van der Waals surface area contributed by atoms with E-state index >= 15 is 0 Å². The van der Waals surface area contributed by atoms with Crippen molar-refractivity contribution in [3.8, 4) is 0 Å². The Morgan fingerprint density at radius 3 is 0.885 bits per heavy atom. The predicted octanol–water partition coefficient (Wildman–Crippen LogP) is 7.82. The lowest BCUT2D eigenvalue weighted by atomic mass is 9.81. The highest BCUT2D eigenvalue weighted by molar-refractivity contribution is 5.01. The lowest BCUT2D eigenvalue weighted by Gasteiger charge is -2.64. The van der Waals surface area contributed by atoms with Crippen LogP contribution in [0.4, 0.5) is 0 Å². The number of nitrogens with zero attached hydrogens (tertiary/aromatic N) is 2. The van der Waals surface area contributed by atoms with E-state index in [4.69, 9.17) is 0 Å². The maximum absolute atomic E-state index is 2.85. The van der Waals surface area contributed by atoms with E-state index in [1.54, 1.807) is 0 Å². The summed E-state index contributed by atoms with van der Waals surface area (Å²) < 4.78 is 0. The van der Waals surface area contributed by atoms with Crippen LogP contribution in [0.1, 0.15) is 134 Å². The summed E-state index contributed by atoms with van der Waals surface area (Å²) in [5.41, 5.74) is 0.642. The van der Waals surface area contributed by atoms with E-state index in [9.17, 15) is 0 Å². The highest BCUT2D eigenvalue weighted by Gasteiger charge is 2.51. The first-order chi connectivity index (χ1) is 11.9. The molecule has 0 aromatic heterocycles. The van der Waals surface area contributed by atoms with Crippen molar-refractivity contribution in [3.05, 3.63) is 0 Å². The van der Waals surface area contributed by atoms with Crippen LogP contribution >= 0.6 is 0 Å². The summed E-state index contributed by atoms with van der Waals surface area (Å²) in [4.78, 5) is 0. The summed E-state index contributed by atoms with van der Waals surface area (Å²) in [7, 11) is 0. The van der Waals surface area contributed by atoms with Gasteiger partial charge in [0.25, 0.3) is 0 Å². The normalized spacial score (nSPS) is 18.2. The van der Waals surface area contributed by atoms with Gasteiger partial charge in [0.05, 0.1) is 0 Å². The third kappa shape index (κ3) is 5.47. The molecule has 0 aliphatic carbocycles. The fourth-order valence-electron chi connectivity index (χ4n) is 4.73. The Morgan fingerprint density at radius 1 is 0.462 bits per heavy atom. The molecule has 2 atom stereocenters. The maximum Gasteiger partial charge on any atom is 0.0332 e. The van der Waals surface area contributed by atoms with E-state index in [0.29, 0.717) is 0 Å². The summed E-state index contributed by atoms with van der Waals surface area (Å²) in [5.74, 6) is 0. The lowest BCUT2D eigenvalue weighted by Crippen LogP contribution is -2.73. The van der Waals surface area contributed by atoms with Crippen molar-refractivity contribution < 1.29 is 0 Å². The highest BCUT2D eigenvalue weighted by atomic mass is 15.7. The molecule has 0 amide bonds. The van der Waals surface area contributed by atoms with Crippen molar-refractivity contribution in [1.82, 2.24) is 10.0 Å². The SMILES string of the molecule is CCCC(C)(CC)N(N(C(C)(C)CC)C(C)(CC)CCC)C(C)(C)CC. The molecule has 0 rings (SSSR count). The van der Waals surface area contributed by atoms with Crippen molar-refractivity contribution in [2.24, 2.45) is 0 Å². The molecule has 0 bridgehead atoms. The molecule has 0 fully saturated rings. The van der Waals surface area contributed by atoms with Crippen molar-refractivity contribution in [2.75, 3.05) is 0 Å². The summed E-state index contributed by atoms with van der Waals surface area (Å²) >= 11 is 0. The van der Waals surface area contributed by atoms with Gasteiger partial charge in [-0.15, -0.1) is 0 Å². The highest BCUT2D eigenvalue weighted by Crippen LogP contribution is 2.44. The largest absolute Gasteiger partial charge is 0.229 e. The smallest absolute Gasteiger partial charge is 0.0332 e. The van der Waals surface area contributed by atoms with E-state index < -0.39 is 0 Å².